The maximum atomic E-state index is 13.1. The fourth-order valence-electron chi connectivity index (χ4n) is 3.07. The molecule has 1 saturated carbocycles. The summed E-state index contributed by atoms with van der Waals surface area (Å²) in [7, 11) is 0. The molecule has 1 N–H and O–H groups in total. The number of halogens is 1. The highest BCUT2D eigenvalue weighted by atomic mass is 79.9. The van der Waals surface area contributed by atoms with Crippen molar-refractivity contribution in [2.24, 2.45) is 0 Å². The van der Waals surface area contributed by atoms with E-state index in [4.69, 9.17) is 0 Å². The van der Waals surface area contributed by atoms with Gasteiger partial charge in [0.15, 0.2) is 0 Å². The number of H-pyrrole nitrogens is 1. The third-order valence-corrected chi connectivity index (χ3v) is 4.97. The van der Waals surface area contributed by atoms with Crippen molar-refractivity contribution in [2.45, 2.75) is 25.4 Å². The number of nitrogens with zero attached hydrogens (tertiary/aromatic N) is 1. The van der Waals surface area contributed by atoms with E-state index >= 15 is 0 Å². The minimum Gasteiger partial charge on any atom is -0.330 e. The molecule has 0 radical (unpaired) electrons. The molecule has 0 bridgehead atoms. The van der Waals surface area contributed by atoms with E-state index in [0.717, 1.165) is 28.3 Å². The Labute approximate surface area is 153 Å². The van der Waals surface area contributed by atoms with Crippen molar-refractivity contribution in [3.8, 4) is 0 Å². The Balaban J connectivity index is 1.68. The molecule has 0 saturated heterocycles. The van der Waals surface area contributed by atoms with Gasteiger partial charge in [0.1, 0.15) is 5.69 Å². The predicted molar refractivity (Wildman–Crippen MR) is 102 cm³/mol. The minimum absolute atomic E-state index is 0.120. The Bertz CT molecular complexity index is 1010. The molecular formula is C20H17BrN2O2. The van der Waals surface area contributed by atoms with Crippen LogP contribution in [0.15, 0.2) is 63.9 Å². The van der Waals surface area contributed by atoms with Crippen molar-refractivity contribution in [1.29, 1.82) is 0 Å². The second kappa shape index (κ2) is 6.48. The first-order valence-corrected chi connectivity index (χ1v) is 9.08. The lowest BCUT2D eigenvalue weighted by molar-refractivity contribution is 0.0724. The van der Waals surface area contributed by atoms with Crippen molar-refractivity contribution < 1.29 is 4.79 Å². The number of aromatic amines is 1. The maximum Gasteiger partial charge on any atom is 0.270 e. The molecule has 4 rings (SSSR count). The quantitative estimate of drug-likeness (QED) is 0.721. The van der Waals surface area contributed by atoms with E-state index in [9.17, 15) is 9.59 Å². The molecule has 0 atom stereocenters. The summed E-state index contributed by atoms with van der Waals surface area (Å²) in [4.78, 5) is 30.0. The molecular weight excluding hydrogens is 380 g/mol. The number of nitrogens with one attached hydrogen (secondary N) is 1. The summed E-state index contributed by atoms with van der Waals surface area (Å²) in [5.41, 5.74) is 1.20. The summed E-state index contributed by atoms with van der Waals surface area (Å²) < 4.78 is 0.993. The van der Waals surface area contributed by atoms with Crippen LogP contribution in [-0.4, -0.2) is 21.8 Å². The minimum atomic E-state index is -0.223. The zero-order valence-electron chi connectivity index (χ0n) is 13.5. The van der Waals surface area contributed by atoms with Gasteiger partial charge in [-0.25, -0.2) is 0 Å². The van der Waals surface area contributed by atoms with Gasteiger partial charge >= 0.3 is 0 Å². The van der Waals surface area contributed by atoms with Crippen molar-refractivity contribution in [3.05, 3.63) is 80.7 Å². The summed E-state index contributed by atoms with van der Waals surface area (Å²) in [6.07, 6.45) is 2.02. The van der Waals surface area contributed by atoms with Crippen LogP contribution in [0.3, 0.4) is 0 Å². The Hall–Kier alpha value is -2.40. The number of carbonyl (C=O) groups excluding carboxylic acids is 1. The molecule has 3 aromatic rings. The third kappa shape index (κ3) is 3.37. The van der Waals surface area contributed by atoms with Gasteiger partial charge in [0.05, 0.1) is 0 Å². The summed E-state index contributed by atoms with van der Waals surface area (Å²) in [6, 6.07) is 17.3. The third-order valence-electron chi connectivity index (χ3n) is 4.47. The van der Waals surface area contributed by atoms with Crippen LogP contribution < -0.4 is 5.56 Å². The molecule has 1 aromatic heterocycles. The molecule has 5 heteroatoms. The normalized spacial score (nSPS) is 13.8. The van der Waals surface area contributed by atoms with E-state index in [2.05, 4.69) is 20.9 Å². The number of fused-ring (bicyclic) bond motifs is 1. The molecule has 0 unspecified atom stereocenters. The summed E-state index contributed by atoms with van der Waals surface area (Å²) >= 11 is 3.47. The highest BCUT2D eigenvalue weighted by Crippen LogP contribution is 2.30. The molecule has 0 spiro atoms. The lowest BCUT2D eigenvalue weighted by Gasteiger charge is -2.22. The smallest absolute Gasteiger partial charge is 0.270 e. The van der Waals surface area contributed by atoms with E-state index in [1.165, 1.54) is 0 Å². The fourth-order valence-corrected chi connectivity index (χ4v) is 3.51. The first-order chi connectivity index (χ1) is 12.1. The number of pyridine rings is 1. The number of hydrogen-bond acceptors (Lipinski definition) is 2. The highest BCUT2D eigenvalue weighted by Gasteiger charge is 2.33. The SMILES string of the molecule is O=C(c1cc2ccccc2c(=O)[nH]1)N(Cc1cccc(Br)c1)C1CC1. The summed E-state index contributed by atoms with van der Waals surface area (Å²) in [5, 5.41) is 1.39. The van der Waals surface area contributed by atoms with Crippen LogP contribution in [0.4, 0.5) is 0 Å². The van der Waals surface area contributed by atoms with Gasteiger partial charge in [-0.1, -0.05) is 46.3 Å². The Morgan fingerprint density at radius 1 is 1.12 bits per heavy atom. The van der Waals surface area contributed by atoms with E-state index < -0.39 is 0 Å². The van der Waals surface area contributed by atoms with Crippen LogP contribution in [0.2, 0.25) is 0 Å². The van der Waals surface area contributed by atoms with E-state index in [0.29, 0.717) is 17.6 Å². The number of carbonyl (C=O) groups is 1. The lowest BCUT2D eigenvalue weighted by Crippen LogP contribution is -2.34. The van der Waals surface area contributed by atoms with Gasteiger partial charge < -0.3 is 9.88 Å². The molecule has 1 aliphatic carbocycles. The highest BCUT2D eigenvalue weighted by molar-refractivity contribution is 9.10. The van der Waals surface area contributed by atoms with Crippen LogP contribution in [0.1, 0.15) is 28.9 Å². The fraction of sp³-hybridized carbons (Fsp3) is 0.200. The van der Waals surface area contributed by atoms with Crippen LogP contribution in [0.5, 0.6) is 0 Å². The first-order valence-electron chi connectivity index (χ1n) is 8.29. The van der Waals surface area contributed by atoms with E-state index in [-0.39, 0.29) is 17.5 Å². The van der Waals surface area contributed by atoms with Gasteiger partial charge in [0, 0.05) is 22.4 Å². The zero-order valence-corrected chi connectivity index (χ0v) is 15.1. The molecule has 126 valence electrons. The number of aromatic nitrogens is 1. The molecule has 1 fully saturated rings. The van der Waals surface area contributed by atoms with Crippen LogP contribution in [0.25, 0.3) is 10.8 Å². The monoisotopic (exact) mass is 396 g/mol. The zero-order chi connectivity index (χ0) is 17.4. The molecule has 1 amide bonds. The topological polar surface area (TPSA) is 53.2 Å². The van der Waals surface area contributed by atoms with Gasteiger partial charge in [-0.05, 0) is 48.1 Å². The van der Waals surface area contributed by atoms with Crippen LogP contribution in [0, 0.1) is 0 Å². The molecule has 0 aliphatic heterocycles. The van der Waals surface area contributed by atoms with Gasteiger partial charge in [0.2, 0.25) is 0 Å². The maximum absolute atomic E-state index is 13.1. The molecule has 25 heavy (non-hydrogen) atoms. The standard InChI is InChI=1S/C20H17BrN2O2/c21-15-6-3-4-13(10-15)12-23(16-8-9-16)20(25)18-11-14-5-1-2-7-17(14)19(24)22-18/h1-7,10-11,16H,8-9,12H2,(H,22,24). The van der Waals surface area contributed by atoms with Crippen molar-refractivity contribution >= 4 is 32.6 Å². The van der Waals surface area contributed by atoms with E-state index in [1.807, 2.05) is 47.4 Å². The number of hydrogen-bond donors (Lipinski definition) is 1. The van der Waals surface area contributed by atoms with Gasteiger partial charge in [-0.2, -0.15) is 0 Å². The van der Waals surface area contributed by atoms with Gasteiger partial charge in [-0.3, -0.25) is 9.59 Å². The molecule has 1 aliphatic rings. The van der Waals surface area contributed by atoms with Gasteiger partial charge in [0.25, 0.3) is 11.5 Å². The van der Waals surface area contributed by atoms with Crippen molar-refractivity contribution in [3.63, 3.8) is 0 Å². The average Bonchev–Trinajstić information content (AvgIpc) is 3.44. The first kappa shape index (κ1) is 16.1. The van der Waals surface area contributed by atoms with Crippen molar-refractivity contribution in [1.82, 2.24) is 9.88 Å². The largest absolute Gasteiger partial charge is 0.330 e. The summed E-state index contributed by atoms with van der Waals surface area (Å²) in [5.74, 6) is -0.120. The van der Waals surface area contributed by atoms with Crippen LogP contribution in [-0.2, 0) is 6.54 Å². The van der Waals surface area contributed by atoms with Gasteiger partial charge in [-0.15, -0.1) is 0 Å². The molecule has 1 heterocycles. The summed E-state index contributed by atoms with van der Waals surface area (Å²) in [6.45, 7) is 0.539. The Morgan fingerprint density at radius 2 is 1.92 bits per heavy atom. The molecule has 2 aromatic carbocycles. The Kier molecular flexibility index (Phi) is 4.17. The molecule has 4 nitrogen and oxygen atoms in total. The van der Waals surface area contributed by atoms with Crippen LogP contribution >= 0.6 is 15.9 Å². The average molecular weight is 397 g/mol. The number of rotatable bonds is 4. The Morgan fingerprint density at radius 3 is 2.68 bits per heavy atom. The predicted octanol–water partition coefficient (Wildman–Crippen LogP) is 4.10. The number of benzene rings is 2. The number of amides is 1. The van der Waals surface area contributed by atoms with Crippen molar-refractivity contribution in [2.75, 3.05) is 0 Å². The second-order valence-electron chi connectivity index (χ2n) is 6.39. The van der Waals surface area contributed by atoms with E-state index in [1.54, 1.807) is 12.1 Å². The second-order valence-corrected chi connectivity index (χ2v) is 7.31. The lowest BCUT2D eigenvalue weighted by atomic mass is 10.1.